The molecule has 1 aliphatic carbocycles. The number of carbonyl (C=O) groups is 1. The Labute approximate surface area is 222 Å². The van der Waals surface area contributed by atoms with Gasteiger partial charge in [0.05, 0.1) is 16.7 Å². The summed E-state index contributed by atoms with van der Waals surface area (Å²) in [5, 5.41) is 3.53. The molecule has 11 heteroatoms. The zero-order valence-electron chi connectivity index (χ0n) is 19.8. The van der Waals surface area contributed by atoms with Crippen molar-refractivity contribution in [1.29, 1.82) is 0 Å². The van der Waals surface area contributed by atoms with Crippen molar-refractivity contribution in [3.63, 3.8) is 0 Å². The Balaban J connectivity index is 1.61. The molecule has 0 spiro atoms. The molecule has 0 aliphatic heterocycles. The third kappa shape index (κ3) is 7.60. The molecule has 1 heterocycles. The molecular formula is C26H24Cl2F2N2O5. The third-order valence-corrected chi connectivity index (χ3v) is 6.30. The number of hydrogen-bond donors (Lipinski definition) is 1. The van der Waals surface area contributed by atoms with Crippen LogP contribution in [-0.4, -0.2) is 31.4 Å². The number of hydrogen-bond acceptors (Lipinski definition) is 7. The highest BCUT2D eigenvalue weighted by Crippen LogP contribution is 2.38. The minimum absolute atomic E-state index is 0.0606. The van der Waals surface area contributed by atoms with Gasteiger partial charge in [0.25, 0.3) is 0 Å². The van der Waals surface area contributed by atoms with Crippen LogP contribution in [0.1, 0.15) is 30.1 Å². The second kappa shape index (κ2) is 12.3. The van der Waals surface area contributed by atoms with Crippen molar-refractivity contribution in [2.75, 3.05) is 19.0 Å². The summed E-state index contributed by atoms with van der Waals surface area (Å²) in [6.45, 7) is -2.67. The van der Waals surface area contributed by atoms with E-state index in [1.807, 2.05) is 0 Å². The summed E-state index contributed by atoms with van der Waals surface area (Å²) in [5.74, 6) is 0.636. The van der Waals surface area contributed by atoms with Gasteiger partial charge in [-0.3, -0.25) is 4.98 Å². The quantitative estimate of drug-likeness (QED) is 0.197. The van der Waals surface area contributed by atoms with Gasteiger partial charge >= 0.3 is 12.8 Å². The number of ether oxygens (including phenoxy) is 4. The summed E-state index contributed by atoms with van der Waals surface area (Å²) in [7, 11) is 1.77. The van der Waals surface area contributed by atoms with E-state index in [9.17, 15) is 13.6 Å². The largest absolute Gasteiger partial charge is 0.514 e. The van der Waals surface area contributed by atoms with Gasteiger partial charge in [-0.15, -0.1) is 0 Å². The van der Waals surface area contributed by atoms with Crippen LogP contribution in [0.5, 0.6) is 17.2 Å². The molecule has 1 N–H and O–H groups in total. The molecule has 1 saturated carbocycles. The average Bonchev–Trinajstić information content (AvgIpc) is 3.70. The number of anilines is 1. The number of rotatable bonds is 11. The van der Waals surface area contributed by atoms with Crippen molar-refractivity contribution in [1.82, 2.24) is 4.98 Å². The maximum absolute atomic E-state index is 13.0. The van der Waals surface area contributed by atoms with E-state index in [2.05, 4.69) is 15.0 Å². The summed E-state index contributed by atoms with van der Waals surface area (Å²) in [6, 6.07) is 11.0. The third-order valence-electron chi connectivity index (χ3n) is 5.65. The number of aromatic nitrogens is 1. The lowest BCUT2D eigenvalue weighted by atomic mass is 10.0. The van der Waals surface area contributed by atoms with Crippen molar-refractivity contribution in [3.05, 3.63) is 76.0 Å². The van der Waals surface area contributed by atoms with Crippen LogP contribution in [0.3, 0.4) is 0 Å². The molecule has 0 saturated heterocycles. The Morgan fingerprint density at radius 3 is 2.41 bits per heavy atom. The van der Waals surface area contributed by atoms with Crippen LogP contribution in [0, 0.1) is 5.92 Å². The van der Waals surface area contributed by atoms with Gasteiger partial charge in [0.2, 0.25) is 0 Å². The summed E-state index contributed by atoms with van der Waals surface area (Å²) in [6.07, 6.45) is 3.00. The molecule has 0 radical (unpaired) electrons. The molecular weight excluding hydrogens is 529 g/mol. The highest BCUT2D eigenvalue weighted by molar-refractivity contribution is 6.35. The van der Waals surface area contributed by atoms with Crippen LogP contribution in [0.15, 0.2) is 54.9 Å². The van der Waals surface area contributed by atoms with Gasteiger partial charge in [-0.05, 0) is 66.3 Å². The fourth-order valence-electron chi connectivity index (χ4n) is 3.50. The predicted molar refractivity (Wildman–Crippen MR) is 135 cm³/mol. The zero-order valence-corrected chi connectivity index (χ0v) is 21.3. The molecule has 3 aromatic rings. The summed E-state index contributed by atoms with van der Waals surface area (Å²) >= 11 is 12.6. The molecule has 4 rings (SSSR count). The lowest BCUT2D eigenvalue weighted by Crippen LogP contribution is -2.18. The lowest BCUT2D eigenvalue weighted by molar-refractivity contribution is -0.0515. The standard InChI is InChI=1S/C26H24Cl2F2N2O5/c1-31-17-5-7-18(8-6-17)35-26(33)37-23(11-19-20(27)12-32-13-21(19)28)16-4-9-22(36-25(29)30)24(10-16)34-14-15-2-3-15/h4-10,12-13,15,23,25,31H,2-3,11,14H2,1H3. The first kappa shape index (κ1) is 26.8. The van der Waals surface area contributed by atoms with Crippen LogP contribution in [-0.2, 0) is 11.2 Å². The number of alkyl halides is 2. The lowest BCUT2D eigenvalue weighted by Gasteiger charge is -2.21. The number of nitrogens with one attached hydrogen (secondary N) is 1. The van der Waals surface area contributed by atoms with Crippen LogP contribution in [0.2, 0.25) is 10.0 Å². The Hall–Kier alpha value is -3.30. The van der Waals surface area contributed by atoms with Gasteiger partial charge in [0.1, 0.15) is 11.9 Å². The van der Waals surface area contributed by atoms with E-state index >= 15 is 0 Å². The normalized spacial score (nSPS) is 13.7. The minimum atomic E-state index is -3.03. The van der Waals surface area contributed by atoms with E-state index in [4.69, 9.17) is 37.4 Å². The van der Waals surface area contributed by atoms with E-state index < -0.39 is 18.9 Å². The summed E-state index contributed by atoms with van der Waals surface area (Å²) < 4.78 is 47.3. The van der Waals surface area contributed by atoms with Crippen LogP contribution < -0.4 is 19.5 Å². The first-order valence-corrected chi connectivity index (χ1v) is 12.2. The highest BCUT2D eigenvalue weighted by atomic mass is 35.5. The Morgan fingerprint density at radius 2 is 1.78 bits per heavy atom. The van der Waals surface area contributed by atoms with E-state index in [1.54, 1.807) is 31.3 Å². The van der Waals surface area contributed by atoms with Crippen LogP contribution >= 0.6 is 23.2 Å². The minimum Gasteiger partial charge on any atom is -0.489 e. The molecule has 1 unspecified atom stereocenters. The van der Waals surface area contributed by atoms with Crippen molar-refractivity contribution in [2.24, 2.45) is 5.92 Å². The van der Waals surface area contributed by atoms with Gasteiger partial charge in [-0.2, -0.15) is 8.78 Å². The fourth-order valence-corrected chi connectivity index (χ4v) is 4.01. The summed E-state index contributed by atoms with van der Waals surface area (Å²) in [5.41, 5.74) is 1.77. The number of pyridine rings is 1. The SMILES string of the molecule is CNc1ccc(OC(=O)OC(Cc2c(Cl)cncc2Cl)c2ccc(OC(F)F)c(OCC3CC3)c2)cc1. The predicted octanol–water partition coefficient (Wildman–Crippen LogP) is 7.32. The van der Waals surface area contributed by atoms with Gasteiger partial charge in [0.15, 0.2) is 11.5 Å². The van der Waals surface area contributed by atoms with Crippen molar-refractivity contribution >= 4 is 35.0 Å². The smallest absolute Gasteiger partial charge is 0.489 e. The Bertz CT molecular complexity index is 1210. The van der Waals surface area contributed by atoms with Crippen molar-refractivity contribution in [2.45, 2.75) is 32.0 Å². The van der Waals surface area contributed by atoms with E-state index in [1.165, 1.54) is 30.6 Å². The fraction of sp³-hybridized carbons (Fsp3) is 0.308. The van der Waals surface area contributed by atoms with E-state index in [0.717, 1.165) is 18.5 Å². The molecule has 1 aliphatic rings. The number of nitrogens with zero attached hydrogens (tertiary/aromatic N) is 1. The molecule has 2 aromatic carbocycles. The number of halogens is 4. The Morgan fingerprint density at radius 1 is 1.08 bits per heavy atom. The van der Waals surface area contributed by atoms with Gasteiger partial charge in [0, 0.05) is 31.5 Å². The van der Waals surface area contributed by atoms with E-state index in [-0.39, 0.29) is 33.7 Å². The van der Waals surface area contributed by atoms with E-state index in [0.29, 0.717) is 23.7 Å². The molecule has 0 bridgehead atoms. The zero-order chi connectivity index (χ0) is 26.4. The molecule has 1 aromatic heterocycles. The summed E-state index contributed by atoms with van der Waals surface area (Å²) in [4.78, 5) is 16.7. The maximum atomic E-state index is 13.0. The Kier molecular flexibility index (Phi) is 8.89. The molecule has 37 heavy (non-hydrogen) atoms. The second-order valence-electron chi connectivity index (χ2n) is 8.36. The van der Waals surface area contributed by atoms with Crippen LogP contribution in [0.25, 0.3) is 0 Å². The average molecular weight is 553 g/mol. The molecule has 1 fully saturated rings. The topological polar surface area (TPSA) is 78.9 Å². The molecule has 7 nitrogen and oxygen atoms in total. The van der Waals surface area contributed by atoms with Gasteiger partial charge in [-0.1, -0.05) is 29.3 Å². The second-order valence-corrected chi connectivity index (χ2v) is 9.17. The van der Waals surface area contributed by atoms with Crippen molar-refractivity contribution in [3.8, 4) is 17.2 Å². The number of benzene rings is 2. The first-order valence-electron chi connectivity index (χ1n) is 11.5. The van der Waals surface area contributed by atoms with Gasteiger partial charge in [-0.25, -0.2) is 4.79 Å². The molecule has 0 amide bonds. The first-order chi connectivity index (χ1) is 17.8. The highest BCUT2D eigenvalue weighted by Gasteiger charge is 2.26. The van der Waals surface area contributed by atoms with Crippen LogP contribution in [0.4, 0.5) is 19.3 Å². The van der Waals surface area contributed by atoms with Gasteiger partial charge < -0.3 is 24.3 Å². The van der Waals surface area contributed by atoms with Crippen molar-refractivity contribution < 1.29 is 32.5 Å². The molecule has 196 valence electrons. The maximum Gasteiger partial charge on any atom is 0.514 e. The number of carbonyl (C=O) groups excluding carboxylic acids is 1. The molecule has 1 atom stereocenters. The monoisotopic (exact) mass is 552 g/mol.